The van der Waals surface area contributed by atoms with Crippen LogP contribution in [-0.2, 0) is 9.53 Å². The molecular formula is C29H32N2O6. The first kappa shape index (κ1) is 24.3. The molecule has 7 unspecified atom stereocenters. The quantitative estimate of drug-likeness (QED) is 0.432. The van der Waals surface area contributed by atoms with E-state index in [-0.39, 0.29) is 28.4 Å². The van der Waals surface area contributed by atoms with E-state index in [0.717, 1.165) is 0 Å². The highest BCUT2D eigenvalue weighted by Crippen LogP contribution is 2.70. The van der Waals surface area contributed by atoms with Gasteiger partial charge in [-0.1, -0.05) is 44.2 Å². The van der Waals surface area contributed by atoms with Crippen LogP contribution in [-0.4, -0.2) is 61.3 Å². The van der Waals surface area contributed by atoms with E-state index in [4.69, 9.17) is 4.74 Å². The number of benzene rings is 1. The molecule has 2 bridgehead atoms. The van der Waals surface area contributed by atoms with E-state index in [1.54, 1.807) is 31.2 Å². The summed E-state index contributed by atoms with van der Waals surface area (Å²) in [7, 11) is 0. The average Bonchev–Trinajstić information content (AvgIpc) is 3.17. The third-order valence-electron chi connectivity index (χ3n) is 9.54. The van der Waals surface area contributed by atoms with Crippen molar-refractivity contribution in [2.24, 2.45) is 28.6 Å². The number of hydrogen-bond donors (Lipinski definition) is 3. The summed E-state index contributed by atoms with van der Waals surface area (Å²) >= 11 is 0. The number of fused-ring (bicyclic) bond motifs is 3. The molecule has 0 saturated heterocycles. The minimum atomic E-state index is -2.15. The predicted octanol–water partition coefficient (Wildman–Crippen LogP) is 2.62. The number of aromatic nitrogens is 2. The minimum absolute atomic E-state index is 0.0362. The highest BCUT2D eigenvalue weighted by atomic mass is 16.6. The van der Waals surface area contributed by atoms with E-state index in [1.807, 2.05) is 18.2 Å². The fraction of sp³-hybridized carbons (Fsp3) is 0.483. The van der Waals surface area contributed by atoms with Crippen LogP contribution in [0.15, 0.2) is 65.9 Å². The van der Waals surface area contributed by atoms with E-state index in [2.05, 4.69) is 18.9 Å². The van der Waals surface area contributed by atoms with Crippen molar-refractivity contribution >= 4 is 11.8 Å². The number of hydrogen-bond acceptors (Lipinski definition) is 7. The molecule has 2 saturated carbocycles. The Morgan fingerprint density at radius 3 is 2.65 bits per heavy atom. The lowest BCUT2D eigenvalue weighted by atomic mass is 9.63. The second kappa shape index (κ2) is 7.96. The summed E-state index contributed by atoms with van der Waals surface area (Å²) in [5, 5.41) is 38.4. The average molecular weight is 505 g/mol. The Kier molecular flexibility index (Phi) is 5.23. The smallest absolute Gasteiger partial charge is 0.357 e. The second-order valence-corrected chi connectivity index (χ2v) is 11.6. The first-order valence-corrected chi connectivity index (χ1v) is 12.8. The van der Waals surface area contributed by atoms with Gasteiger partial charge in [0, 0.05) is 5.92 Å². The van der Waals surface area contributed by atoms with Gasteiger partial charge in [-0.15, -0.1) is 0 Å². The number of ketones is 1. The Balaban J connectivity index is 1.41. The summed E-state index contributed by atoms with van der Waals surface area (Å²) in [6.07, 6.45) is 3.03. The van der Waals surface area contributed by atoms with Gasteiger partial charge >= 0.3 is 5.97 Å². The number of carbonyl (C=O) groups excluding carboxylic acids is 2. The number of aliphatic hydroxyl groups excluding tert-OH is 2. The summed E-state index contributed by atoms with van der Waals surface area (Å²) in [6, 6.07) is 10.6. The molecular weight excluding hydrogens is 472 g/mol. The first-order valence-electron chi connectivity index (χ1n) is 12.8. The van der Waals surface area contributed by atoms with Crippen molar-refractivity contribution in [3.63, 3.8) is 0 Å². The Morgan fingerprint density at radius 1 is 1.22 bits per heavy atom. The molecule has 2 fully saturated rings. The standard InChI is InChI=1S/C29H32N2O6/c1-16-14-28-11-9-20-22(27(20,2)3)19(24(28)34)13-17(15-32)23(33)29(28,36)25(16)37-26(35)21-10-12-30-31(21)18-7-5-4-6-8-18/h4-8,10,12-14,19-20,22-23,25,32-33,36H,9,11,15H2,1-3H3. The number of nitrogens with zero attached hydrogens (tertiary/aromatic N) is 2. The van der Waals surface area contributed by atoms with Crippen LogP contribution < -0.4 is 0 Å². The van der Waals surface area contributed by atoms with Gasteiger partial charge in [0.1, 0.15) is 6.10 Å². The van der Waals surface area contributed by atoms with E-state index >= 15 is 0 Å². The van der Waals surface area contributed by atoms with E-state index in [1.165, 1.54) is 16.9 Å². The molecule has 1 aromatic carbocycles. The number of ether oxygens (including phenoxy) is 1. The lowest BCUT2D eigenvalue weighted by Gasteiger charge is -2.46. The van der Waals surface area contributed by atoms with Crippen molar-refractivity contribution in [1.82, 2.24) is 9.78 Å². The van der Waals surface area contributed by atoms with Gasteiger partial charge in [-0.2, -0.15) is 5.10 Å². The van der Waals surface area contributed by atoms with Gasteiger partial charge < -0.3 is 20.1 Å². The summed E-state index contributed by atoms with van der Waals surface area (Å²) in [6.45, 7) is 5.48. The van der Waals surface area contributed by atoms with Gasteiger partial charge in [-0.05, 0) is 66.4 Å². The van der Waals surface area contributed by atoms with Crippen LogP contribution in [0, 0.1) is 28.6 Å². The summed E-state index contributed by atoms with van der Waals surface area (Å²) < 4.78 is 7.38. The van der Waals surface area contributed by atoms with Gasteiger partial charge in [0.2, 0.25) is 0 Å². The molecule has 0 radical (unpaired) electrons. The molecule has 37 heavy (non-hydrogen) atoms. The molecule has 1 aromatic heterocycles. The third kappa shape index (κ3) is 3.09. The number of Topliss-reactive ketones (excluding diaryl/α,β-unsaturated/α-hetero) is 1. The van der Waals surface area contributed by atoms with Gasteiger partial charge in [0.05, 0.1) is 23.9 Å². The zero-order valence-electron chi connectivity index (χ0n) is 21.2. The van der Waals surface area contributed by atoms with Crippen LogP contribution in [0.2, 0.25) is 0 Å². The SMILES string of the molecule is CC1=CC23CCC4C(C(C=C(CO)C(O)C2(O)C1OC(=O)c1ccnn1-c1ccccc1)C3=O)C4(C)C. The van der Waals surface area contributed by atoms with Crippen molar-refractivity contribution in [3.8, 4) is 5.69 Å². The molecule has 2 aromatic rings. The van der Waals surface area contributed by atoms with Gasteiger partial charge in [0.15, 0.2) is 23.2 Å². The predicted molar refractivity (Wildman–Crippen MR) is 134 cm³/mol. The number of carbonyl (C=O) groups is 2. The van der Waals surface area contributed by atoms with Crippen molar-refractivity contribution in [2.45, 2.75) is 51.4 Å². The monoisotopic (exact) mass is 504 g/mol. The van der Waals surface area contributed by atoms with Crippen molar-refractivity contribution < 1.29 is 29.6 Å². The van der Waals surface area contributed by atoms with Crippen LogP contribution in [0.3, 0.4) is 0 Å². The maximum atomic E-state index is 14.2. The largest absolute Gasteiger partial charge is 0.450 e. The lowest BCUT2D eigenvalue weighted by Crippen LogP contribution is -2.63. The number of para-hydroxylation sites is 1. The Hall–Kier alpha value is -3.07. The van der Waals surface area contributed by atoms with Crippen LogP contribution >= 0.6 is 0 Å². The zero-order valence-corrected chi connectivity index (χ0v) is 21.2. The van der Waals surface area contributed by atoms with Crippen LogP contribution in [0.1, 0.15) is 44.1 Å². The molecule has 0 aliphatic heterocycles. The molecule has 4 aliphatic rings. The molecule has 4 aliphatic carbocycles. The minimum Gasteiger partial charge on any atom is -0.450 e. The number of rotatable bonds is 4. The molecule has 3 N–H and O–H groups in total. The van der Waals surface area contributed by atoms with E-state index in [9.17, 15) is 24.9 Å². The van der Waals surface area contributed by atoms with Crippen LogP contribution in [0.25, 0.3) is 5.69 Å². The first-order chi connectivity index (χ1) is 17.6. The maximum Gasteiger partial charge on any atom is 0.357 e. The van der Waals surface area contributed by atoms with E-state index in [0.29, 0.717) is 30.0 Å². The molecule has 8 heteroatoms. The molecule has 1 spiro atoms. The number of aliphatic hydroxyl groups is 3. The highest BCUT2D eigenvalue weighted by molar-refractivity contribution is 5.95. The van der Waals surface area contributed by atoms with Crippen molar-refractivity contribution in [3.05, 3.63) is 71.6 Å². The Labute approximate surface area is 215 Å². The second-order valence-electron chi connectivity index (χ2n) is 11.6. The fourth-order valence-corrected chi connectivity index (χ4v) is 7.61. The number of allylic oxidation sites excluding steroid dienone is 1. The molecule has 194 valence electrons. The Morgan fingerprint density at radius 2 is 1.95 bits per heavy atom. The normalized spacial score (nSPS) is 37.5. The molecule has 6 rings (SSSR count). The lowest BCUT2D eigenvalue weighted by molar-refractivity contribution is -0.182. The van der Waals surface area contributed by atoms with Gasteiger partial charge in [0.25, 0.3) is 0 Å². The Bertz CT molecular complexity index is 1340. The van der Waals surface area contributed by atoms with Crippen LogP contribution in [0.4, 0.5) is 0 Å². The topological polar surface area (TPSA) is 122 Å². The van der Waals surface area contributed by atoms with Crippen LogP contribution in [0.5, 0.6) is 0 Å². The molecule has 1 heterocycles. The van der Waals surface area contributed by atoms with Crippen molar-refractivity contribution in [1.29, 1.82) is 0 Å². The maximum absolute atomic E-state index is 14.2. The summed E-state index contributed by atoms with van der Waals surface area (Å²) in [5.74, 6) is -1.08. The third-order valence-corrected chi connectivity index (χ3v) is 9.54. The van der Waals surface area contributed by atoms with Gasteiger partial charge in [-0.3, -0.25) is 4.79 Å². The number of esters is 1. The molecule has 7 atom stereocenters. The fourth-order valence-electron chi connectivity index (χ4n) is 7.61. The summed E-state index contributed by atoms with van der Waals surface area (Å²) in [5.41, 5.74) is -2.11. The zero-order chi connectivity index (χ0) is 26.3. The highest BCUT2D eigenvalue weighted by Gasteiger charge is 2.74. The molecule has 0 amide bonds. The van der Waals surface area contributed by atoms with Crippen molar-refractivity contribution in [2.75, 3.05) is 6.61 Å². The molecule has 8 nitrogen and oxygen atoms in total. The van der Waals surface area contributed by atoms with E-state index < -0.39 is 41.7 Å². The van der Waals surface area contributed by atoms with Gasteiger partial charge in [-0.25, -0.2) is 9.48 Å². The summed E-state index contributed by atoms with van der Waals surface area (Å²) in [4.78, 5) is 27.7.